The first-order valence-electron chi connectivity index (χ1n) is 12.8. The minimum absolute atomic E-state index is 0.153. The highest BCUT2D eigenvalue weighted by atomic mass is 16.6. The highest BCUT2D eigenvalue weighted by Gasteiger charge is 2.45. The Morgan fingerprint density at radius 2 is 1.63 bits per heavy atom. The SMILES string of the molecule is COc1cc2c(c3ccccc13)OC(C(=O)OCc1ccccc1)(c1ccc(N3CCOCC3)cc1)C=C2. The Kier molecular flexibility index (Phi) is 6.48. The zero-order valence-corrected chi connectivity index (χ0v) is 21.3. The molecule has 4 aromatic carbocycles. The maximum absolute atomic E-state index is 13.9. The van der Waals surface area contributed by atoms with Crippen molar-refractivity contribution >= 4 is 28.5 Å². The average molecular weight is 508 g/mol. The number of carbonyl (C=O) groups excluding carboxylic acids is 1. The monoisotopic (exact) mass is 507 g/mol. The van der Waals surface area contributed by atoms with Gasteiger partial charge in [-0.15, -0.1) is 0 Å². The third kappa shape index (κ3) is 4.37. The van der Waals surface area contributed by atoms with E-state index in [1.807, 2.05) is 91.0 Å². The molecule has 6 heteroatoms. The number of esters is 1. The largest absolute Gasteiger partial charge is 0.496 e. The van der Waals surface area contributed by atoms with Crippen molar-refractivity contribution in [3.8, 4) is 11.5 Å². The zero-order valence-electron chi connectivity index (χ0n) is 21.3. The van der Waals surface area contributed by atoms with Crippen molar-refractivity contribution in [3.05, 3.63) is 108 Å². The normalized spacial score (nSPS) is 18.5. The van der Waals surface area contributed by atoms with Crippen LogP contribution in [-0.2, 0) is 26.5 Å². The van der Waals surface area contributed by atoms with Gasteiger partial charge in [-0.25, -0.2) is 4.79 Å². The summed E-state index contributed by atoms with van der Waals surface area (Å²) in [5.74, 6) is 0.904. The molecular formula is C32H29NO5. The molecule has 0 spiro atoms. The Labute approximate surface area is 222 Å². The van der Waals surface area contributed by atoms with Crippen LogP contribution in [0.1, 0.15) is 16.7 Å². The third-order valence-corrected chi connectivity index (χ3v) is 7.15. The average Bonchev–Trinajstić information content (AvgIpc) is 3.00. The number of benzene rings is 4. The Hall–Kier alpha value is -4.29. The van der Waals surface area contributed by atoms with E-state index in [9.17, 15) is 4.79 Å². The lowest BCUT2D eigenvalue weighted by Crippen LogP contribution is -2.42. The van der Waals surface area contributed by atoms with Gasteiger partial charge in [-0.05, 0) is 29.8 Å². The number of anilines is 1. The van der Waals surface area contributed by atoms with Crippen LogP contribution in [-0.4, -0.2) is 39.4 Å². The Morgan fingerprint density at radius 1 is 0.921 bits per heavy atom. The highest BCUT2D eigenvalue weighted by Crippen LogP contribution is 2.45. The van der Waals surface area contributed by atoms with E-state index in [1.165, 1.54) is 0 Å². The molecule has 0 N–H and O–H groups in total. The predicted molar refractivity (Wildman–Crippen MR) is 148 cm³/mol. The van der Waals surface area contributed by atoms with Gasteiger partial charge in [-0.2, -0.15) is 0 Å². The standard InChI is InChI=1S/C32H29NO5/c1-35-29-21-24-15-16-32(31(34)37-22-23-7-3-2-4-8-23,38-30(24)28-10-6-5-9-27(28)29)25-11-13-26(14-12-25)33-17-19-36-20-18-33/h2-16,21H,17-20,22H2,1H3. The quantitative estimate of drug-likeness (QED) is 0.311. The second-order valence-corrected chi connectivity index (χ2v) is 9.42. The molecule has 0 bridgehead atoms. The molecule has 0 radical (unpaired) electrons. The number of morpholine rings is 1. The molecule has 6 nitrogen and oxygen atoms in total. The van der Waals surface area contributed by atoms with Gasteiger partial charge in [-0.3, -0.25) is 0 Å². The van der Waals surface area contributed by atoms with Gasteiger partial charge in [0.1, 0.15) is 18.1 Å². The van der Waals surface area contributed by atoms with Crippen LogP contribution in [0.4, 0.5) is 5.69 Å². The predicted octanol–water partition coefficient (Wildman–Crippen LogP) is 5.73. The smallest absolute Gasteiger partial charge is 0.359 e. The number of hydrogen-bond donors (Lipinski definition) is 0. The van der Waals surface area contributed by atoms with E-state index in [0.29, 0.717) is 24.5 Å². The molecule has 1 unspecified atom stereocenters. The van der Waals surface area contributed by atoms with Crippen LogP contribution in [0.5, 0.6) is 11.5 Å². The summed E-state index contributed by atoms with van der Waals surface area (Å²) in [4.78, 5) is 16.2. The number of fused-ring (bicyclic) bond motifs is 3. The van der Waals surface area contributed by atoms with Gasteiger partial charge >= 0.3 is 5.97 Å². The van der Waals surface area contributed by atoms with Crippen LogP contribution < -0.4 is 14.4 Å². The summed E-state index contributed by atoms with van der Waals surface area (Å²) in [6, 6.07) is 27.5. The van der Waals surface area contributed by atoms with Crippen molar-refractivity contribution in [1.29, 1.82) is 0 Å². The van der Waals surface area contributed by atoms with Crippen molar-refractivity contribution in [2.24, 2.45) is 0 Å². The Bertz CT molecular complexity index is 1480. The molecule has 38 heavy (non-hydrogen) atoms. The summed E-state index contributed by atoms with van der Waals surface area (Å²) >= 11 is 0. The first kappa shape index (κ1) is 24.1. The topological polar surface area (TPSA) is 57.2 Å². The van der Waals surface area contributed by atoms with E-state index in [-0.39, 0.29) is 6.61 Å². The van der Waals surface area contributed by atoms with Crippen LogP contribution in [0.3, 0.4) is 0 Å². The summed E-state index contributed by atoms with van der Waals surface area (Å²) in [7, 11) is 1.66. The number of carbonyl (C=O) groups is 1. The lowest BCUT2D eigenvalue weighted by molar-refractivity contribution is -0.160. The van der Waals surface area contributed by atoms with Crippen LogP contribution in [0, 0.1) is 0 Å². The van der Waals surface area contributed by atoms with Gasteiger partial charge in [-0.1, -0.05) is 72.8 Å². The molecule has 0 aromatic heterocycles. The summed E-state index contributed by atoms with van der Waals surface area (Å²) in [6.45, 7) is 3.23. The van der Waals surface area contributed by atoms with E-state index >= 15 is 0 Å². The van der Waals surface area contributed by atoms with E-state index in [2.05, 4.69) is 4.90 Å². The summed E-state index contributed by atoms with van der Waals surface area (Å²) in [6.07, 6.45) is 3.72. The van der Waals surface area contributed by atoms with Gasteiger partial charge in [0.2, 0.25) is 5.60 Å². The molecule has 0 aliphatic carbocycles. The van der Waals surface area contributed by atoms with Gasteiger partial charge in [0.15, 0.2) is 0 Å². The Morgan fingerprint density at radius 3 is 2.37 bits per heavy atom. The molecule has 0 saturated carbocycles. The van der Waals surface area contributed by atoms with Crippen LogP contribution in [0.2, 0.25) is 0 Å². The Balaban J connectivity index is 1.41. The fraction of sp³-hybridized carbons (Fsp3) is 0.219. The van der Waals surface area contributed by atoms with Crippen molar-refractivity contribution in [3.63, 3.8) is 0 Å². The second kappa shape index (κ2) is 10.2. The third-order valence-electron chi connectivity index (χ3n) is 7.15. The molecule has 2 aliphatic rings. The van der Waals surface area contributed by atoms with Gasteiger partial charge in [0.25, 0.3) is 0 Å². The van der Waals surface area contributed by atoms with E-state index in [1.54, 1.807) is 13.2 Å². The molecule has 1 saturated heterocycles. The van der Waals surface area contributed by atoms with Crippen LogP contribution >= 0.6 is 0 Å². The van der Waals surface area contributed by atoms with Crippen LogP contribution in [0.25, 0.3) is 16.8 Å². The van der Waals surface area contributed by atoms with Crippen LogP contribution in [0.15, 0.2) is 91.0 Å². The minimum atomic E-state index is -1.44. The first-order chi connectivity index (χ1) is 18.7. The van der Waals surface area contributed by atoms with E-state index in [0.717, 1.165) is 46.4 Å². The molecule has 1 fully saturated rings. The lowest BCUT2D eigenvalue weighted by Gasteiger charge is -2.35. The van der Waals surface area contributed by atoms with Crippen molar-refractivity contribution in [2.75, 3.05) is 38.3 Å². The van der Waals surface area contributed by atoms with E-state index in [4.69, 9.17) is 18.9 Å². The maximum atomic E-state index is 13.9. The molecule has 4 aromatic rings. The molecule has 0 amide bonds. The molecule has 2 aliphatic heterocycles. The van der Waals surface area contributed by atoms with Crippen molar-refractivity contribution in [1.82, 2.24) is 0 Å². The van der Waals surface area contributed by atoms with Gasteiger partial charge < -0.3 is 23.8 Å². The fourth-order valence-corrected chi connectivity index (χ4v) is 5.10. The molecule has 6 rings (SSSR count). The summed E-state index contributed by atoms with van der Waals surface area (Å²) < 4.78 is 23.7. The van der Waals surface area contributed by atoms with Gasteiger partial charge in [0, 0.05) is 40.7 Å². The number of hydrogen-bond acceptors (Lipinski definition) is 6. The van der Waals surface area contributed by atoms with E-state index < -0.39 is 11.6 Å². The number of rotatable bonds is 6. The molecule has 192 valence electrons. The minimum Gasteiger partial charge on any atom is -0.496 e. The lowest BCUT2D eigenvalue weighted by atomic mass is 9.88. The number of nitrogens with zero attached hydrogens (tertiary/aromatic N) is 1. The molecule has 2 heterocycles. The summed E-state index contributed by atoms with van der Waals surface area (Å²) in [5.41, 5.74) is 2.10. The van der Waals surface area contributed by atoms with Crippen molar-refractivity contribution in [2.45, 2.75) is 12.2 Å². The zero-order chi connectivity index (χ0) is 26.0. The molecule has 1 atom stereocenters. The van der Waals surface area contributed by atoms with Gasteiger partial charge in [0.05, 0.1) is 20.3 Å². The molecular weight excluding hydrogens is 478 g/mol. The summed E-state index contributed by atoms with van der Waals surface area (Å²) in [5, 5.41) is 1.79. The fourth-order valence-electron chi connectivity index (χ4n) is 5.10. The number of ether oxygens (including phenoxy) is 4. The van der Waals surface area contributed by atoms with Crippen molar-refractivity contribution < 1.29 is 23.7 Å². The highest BCUT2D eigenvalue weighted by molar-refractivity contribution is 5.98. The first-order valence-corrected chi connectivity index (χ1v) is 12.8. The maximum Gasteiger partial charge on any atom is 0.359 e. The number of methoxy groups -OCH3 is 1. The second-order valence-electron chi connectivity index (χ2n) is 9.42.